The van der Waals surface area contributed by atoms with E-state index in [-0.39, 0.29) is 11.5 Å². The van der Waals surface area contributed by atoms with Gasteiger partial charge in [-0.15, -0.1) is 23.1 Å². The molecule has 0 saturated carbocycles. The lowest BCUT2D eigenvalue weighted by atomic mass is 10.1. The first-order chi connectivity index (χ1) is 17.1. The number of aromatic nitrogens is 1. The number of carbonyl (C=O) groups excluding carboxylic acids is 2. The second-order valence-corrected chi connectivity index (χ2v) is 11.0. The normalized spacial score (nSPS) is 12.0. The number of aliphatic carboxylic acids is 1. The molecule has 2 N–H and O–H groups in total. The molecule has 192 valence electrons. The average molecular weight is 550 g/mol. The van der Waals surface area contributed by atoms with Gasteiger partial charge in [-0.3, -0.25) is 19.3 Å². The van der Waals surface area contributed by atoms with Gasteiger partial charge in [0.05, 0.1) is 28.8 Å². The molecule has 1 atom stereocenters. The maximum atomic E-state index is 12.8. The number of Topliss-reactive ketones (excluding diaryl/α,β-unsaturated/α-hetero) is 1. The van der Waals surface area contributed by atoms with Crippen molar-refractivity contribution in [2.45, 2.75) is 45.2 Å². The van der Waals surface area contributed by atoms with Crippen LogP contribution in [-0.4, -0.2) is 51.7 Å². The second kappa shape index (κ2) is 13.0. The van der Waals surface area contributed by atoms with Crippen molar-refractivity contribution < 1.29 is 24.0 Å². The number of thioether (sulfide) groups is 1. The molecule has 0 radical (unpaired) electrons. The van der Waals surface area contributed by atoms with Gasteiger partial charge in [-0.2, -0.15) is 0 Å². The number of carboxylic acids is 1. The molecule has 0 bridgehead atoms. The summed E-state index contributed by atoms with van der Waals surface area (Å²) in [4.78, 5) is 40.4. The van der Waals surface area contributed by atoms with E-state index in [0.29, 0.717) is 28.7 Å². The number of aryl methyl sites for hydroxylation is 2. The molecule has 0 aliphatic rings. The average Bonchev–Trinajstić information content (AvgIpc) is 3.41. The van der Waals surface area contributed by atoms with E-state index in [2.05, 4.69) is 15.4 Å². The third kappa shape index (κ3) is 7.92. The van der Waals surface area contributed by atoms with E-state index in [4.69, 9.17) is 16.1 Å². The van der Waals surface area contributed by atoms with Crippen LogP contribution in [0.2, 0.25) is 5.02 Å². The topological polar surface area (TPSA) is 113 Å². The highest BCUT2D eigenvalue weighted by atomic mass is 35.5. The molecule has 0 unspecified atom stereocenters. The summed E-state index contributed by atoms with van der Waals surface area (Å²) in [6.07, 6.45) is -0.477. The van der Waals surface area contributed by atoms with Crippen LogP contribution in [-0.2, 0) is 28.4 Å². The van der Waals surface area contributed by atoms with Gasteiger partial charge >= 0.3 is 5.97 Å². The van der Waals surface area contributed by atoms with Gasteiger partial charge in [0, 0.05) is 34.3 Å². The highest BCUT2D eigenvalue weighted by Gasteiger charge is 2.25. The lowest BCUT2D eigenvalue weighted by Crippen LogP contribution is -2.43. The van der Waals surface area contributed by atoms with Crippen molar-refractivity contribution in [1.29, 1.82) is 0 Å². The number of amides is 1. The number of carbonyl (C=O) groups is 3. The van der Waals surface area contributed by atoms with Crippen molar-refractivity contribution >= 4 is 52.4 Å². The number of thiophene rings is 1. The van der Waals surface area contributed by atoms with Crippen LogP contribution in [0.3, 0.4) is 0 Å². The lowest BCUT2D eigenvalue weighted by Gasteiger charge is -2.16. The zero-order valence-electron chi connectivity index (χ0n) is 20.2. The Balaban J connectivity index is 1.56. The van der Waals surface area contributed by atoms with Gasteiger partial charge in [0.25, 0.3) is 5.91 Å². The summed E-state index contributed by atoms with van der Waals surface area (Å²) in [5.41, 5.74) is 2.78. The fourth-order valence-corrected chi connectivity index (χ4v) is 5.78. The molecule has 3 aromatic rings. The number of nitrogens with one attached hydrogen (secondary N) is 1. The van der Waals surface area contributed by atoms with E-state index < -0.39 is 24.3 Å². The van der Waals surface area contributed by atoms with Crippen LogP contribution in [0.15, 0.2) is 40.9 Å². The molecule has 0 fully saturated rings. The number of benzene rings is 1. The summed E-state index contributed by atoms with van der Waals surface area (Å²) in [6, 6.07) is 9.77. The first-order valence-corrected chi connectivity index (χ1v) is 13.5. The lowest BCUT2D eigenvalue weighted by molar-refractivity contribution is -0.139. The van der Waals surface area contributed by atoms with Crippen LogP contribution >= 0.6 is 34.7 Å². The molecule has 8 nitrogen and oxygen atoms in total. The monoisotopic (exact) mass is 549 g/mol. The SMILES string of the molecule is Cc1noc(C)c1CN(C)Cc1ccc(C(=O)N[C@@H](CC(=O)O)C(=O)CSCc2ccccc2Cl)s1. The van der Waals surface area contributed by atoms with Crippen LogP contribution in [0.25, 0.3) is 0 Å². The van der Waals surface area contributed by atoms with Gasteiger partial charge in [0.2, 0.25) is 0 Å². The fraction of sp³-hybridized carbons (Fsp3) is 0.360. The summed E-state index contributed by atoms with van der Waals surface area (Å²) in [7, 11) is 1.97. The van der Waals surface area contributed by atoms with Crippen LogP contribution in [0.1, 0.15) is 43.6 Å². The predicted octanol–water partition coefficient (Wildman–Crippen LogP) is 4.71. The minimum atomic E-state index is -1.16. The summed E-state index contributed by atoms with van der Waals surface area (Å²) in [5, 5.41) is 16.5. The Labute approximate surface area is 223 Å². The molecule has 0 spiro atoms. The van der Waals surface area contributed by atoms with Crippen molar-refractivity contribution in [3.05, 3.63) is 73.8 Å². The van der Waals surface area contributed by atoms with Crippen LogP contribution in [0, 0.1) is 13.8 Å². The molecule has 3 rings (SSSR count). The molecule has 11 heteroatoms. The number of rotatable bonds is 13. The number of ketones is 1. The smallest absolute Gasteiger partial charge is 0.305 e. The third-order valence-electron chi connectivity index (χ3n) is 5.45. The van der Waals surface area contributed by atoms with E-state index in [1.807, 2.05) is 45.2 Å². The molecular formula is C25H28ClN3O5S2. The predicted molar refractivity (Wildman–Crippen MR) is 142 cm³/mol. The number of hydrogen-bond acceptors (Lipinski definition) is 8. The van der Waals surface area contributed by atoms with E-state index in [1.165, 1.54) is 23.1 Å². The van der Waals surface area contributed by atoms with E-state index >= 15 is 0 Å². The minimum Gasteiger partial charge on any atom is -0.481 e. The Hall–Kier alpha value is -2.66. The number of halogens is 1. The standard InChI is InChI=1S/C25H28ClN3O5S2/c1-15-19(16(2)34-28-15)12-29(3)11-18-8-9-23(36-18)25(33)27-21(10-24(31)32)22(30)14-35-13-17-6-4-5-7-20(17)26/h4-9,21H,10-14H2,1-3H3,(H,27,33)(H,31,32)/t21-/m0/s1. The number of hydrogen-bond donors (Lipinski definition) is 2. The molecule has 0 aliphatic heterocycles. The van der Waals surface area contributed by atoms with Gasteiger partial charge in [0.15, 0.2) is 5.78 Å². The largest absolute Gasteiger partial charge is 0.481 e. The molecule has 2 heterocycles. The summed E-state index contributed by atoms with van der Waals surface area (Å²) in [5.74, 6) is -0.614. The Morgan fingerprint density at radius 1 is 1.19 bits per heavy atom. The van der Waals surface area contributed by atoms with Crippen LogP contribution in [0.4, 0.5) is 0 Å². The van der Waals surface area contributed by atoms with Crippen molar-refractivity contribution in [3.8, 4) is 0 Å². The van der Waals surface area contributed by atoms with Gasteiger partial charge in [0.1, 0.15) is 5.76 Å². The molecule has 0 aliphatic carbocycles. The number of nitrogens with zero attached hydrogens (tertiary/aromatic N) is 2. The Morgan fingerprint density at radius 2 is 1.94 bits per heavy atom. The Bertz CT molecular complexity index is 1210. The van der Waals surface area contributed by atoms with Gasteiger partial charge in [-0.1, -0.05) is 35.0 Å². The van der Waals surface area contributed by atoms with E-state index in [9.17, 15) is 19.5 Å². The molecule has 0 saturated heterocycles. The molecule has 2 aromatic heterocycles. The van der Waals surface area contributed by atoms with Gasteiger partial charge in [-0.05, 0) is 44.7 Å². The maximum Gasteiger partial charge on any atom is 0.305 e. The van der Waals surface area contributed by atoms with E-state index in [0.717, 1.165) is 27.5 Å². The number of carboxylic acid groups (broad SMARTS) is 1. The Morgan fingerprint density at radius 3 is 2.61 bits per heavy atom. The van der Waals surface area contributed by atoms with Gasteiger partial charge in [-0.25, -0.2) is 0 Å². The fourth-order valence-electron chi connectivity index (χ4n) is 3.53. The van der Waals surface area contributed by atoms with Crippen molar-refractivity contribution in [2.24, 2.45) is 0 Å². The highest BCUT2D eigenvalue weighted by Crippen LogP contribution is 2.22. The van der Waals surface area contributed by atoms with Crippen molar-refractivity contribution in [1.82, 2.24) is 15.4 Å². The quantitative estimate of drug-likeness (QED) is 0.315. The summed E-state index contributed by atoms with van der Waals surface area (Å²) in [6.45, 7) is 5.04. The van der Waals surface area contributed by atoms with Crippen LogP contribution in [0.5, 0.6) is 0 Å². The molecule has 1 aromatic carbocycles. The van der Waals surface area contributed by atoms with Crippen molar-refractivity contribution in [3.63, 3.8) is 0 Å². The minimum absolute atomic E-state index is 0.0611. The maximum absolute atomic E-state index is 12.8. The zero-order valence-corrected chi connectivity index (χ0v) is 22.6. The van der Waals surface area contributed by atoms with E-state index in [1.54, 1.807) is 12.1 Å². The summed E-state index contributed by atoms with van der Waals surface area (Å²) >= 11 is 8.79. The molecular weight excluding hydrogens is 522 g/mol. The summed E-state index contributed by atoms with van der Waals surface area (Å²) < 4.78 is 5.21. The highest BCUT2D eigenvalue weighted by molar-refractivity contribution is 7.99. The second-order valence-electron chi connectivity index (χ2n) is 8.42. The first kappa shape index (κ1) is 27.9. The van der Waals surface area contributed by atoms with Gasteiger partial charge < -0.3 is 14.9 Å². The third-order valence-corrected chi connectivity index (χ3v) is 7.89. The molecule has 1 amide bonds. The first-order valence-electron chi connectivity index (χ1n) is 11.2. The zero-order chi connectivity index (χ0) is 26.2. The Kier molecular flexibility index (Phi) is 10.1. The molecule has 36 heavy (non-hydrogen) atoms. The van der Waals surface area contributed by atoms with Crippen LogP contribution < -0.4 is 5.32 Å². The van der Waals surface area contributed by atoms with Crippen molar-refractivity contribution in [2.75, 3.05) is 12.8 Å².